The quantitative estimate of drug-likeness (QED) is 0.620. The number of amides is 2. The van der Waals surface area contributed by atoms with Gasteiger partial charge in [0.1, 0.15) is 5.82 Å². The lowest BCUT2D eigenvalue weighted by Crippen LogP contribution is -2.31. The van der Waals surface area contributed by atoms with Crippen LogP contribution in [0.5, 0.6) is 0 Å². The third kappa shape index (κ3) is 5.03. The Hall–Kier alpha value is -3.67. The fourth-order valence-corrected chi connectivity index (χ4v) is 3.44. The molecule has 0 aliphatic carbocycles. The van der Waals surface area contributed by atoms with E-state index in [1.54, 1.807) is 6.08 Å². The predicted molar refractivity (Wildman–Crippen MR) is 118 cm³/mol. The van der Waals surface area contributed by atoms with Crippen LogP contribution in [0.15, 0.2) is 66.9 Å². The highest BCUT2D eigenvalue weighted by atomic mass is 16.2. The average molecular weight is 400 g/mol. The maximum absolute atomic E-state index is 12.1. The summed E-state index contributed by atoms with van der Waals surface area (Å²) in [6.07, 6.45) is 8.65. The first-order valence-electron chi connectivity index (χ1n) is 10.1. The number of nitrogens with zero attached hydrogens (tertiary/aromatic N) is 2. The highest BCUT2D eigenvalue weighted by Gasteiger charge is 2.13. The van der Waals surface area contributed by atoms with Crippen molar-refractivity contribution in [3.63, 3.8) is 0 Å². The van der Waals surface area contributed by atoms with Crippen molar-refractivity contribution in [1.29, 1.82) is 0 Å². The van der Waals surface area contributed by atoms with Gasteiger partial charge in [-0.15, -0.1) is 0 Å². The number of benzene rings is 2. The van der Waals surface area contributed by atoms with E-state index in [2.05, 4.69) is 21.4 Å². The summed E-state index contributed by atoms with van der Waals surface area (Å²) in [4.78, 5) is 28.7. The Bertz CT molecular complexity index is 1030. The maximum Gasteiger partial charge on any atom is 0.244 e. The molecule has 1 aliphatic rings. The van der Waals surface area contributed by atoms with Crippen LogP contribution in [0.25, 0.3) is 17.3 Å². The molecule has 2 N–H and O–H groups in total. The van der Waals surface area contributed by atoms with Gasteiger partial charge < -0.3 is 15.2 Å². The number of aryl methyl sites for hydroxylation is 2. The minimum absolute atomic E-state index is 0.0898. The number of hydrogen-bond acceptors (Lipinski definition) is 3. The molecule has 4 rings (SSSR count). The molecule has 0 spiro atoms. The zero-order valence-electron chi connectivity index (χ0n) is 16.7. The Morgan fingerprint density at radius 3 is 2.60 bits per heavy atom. The van der Waals surface area contributed by atoms with Gasteiger partial charge in [-0.2, -0.15) is 0 Å². The van der Waals surface area contributed by atoms with Crippen molar-refractivity contribution in [2.75, 3.05) is 11.9 Å². The molecule has 6 heteroatoms. The molecule has 2 heterocycles. The smallest absolute Gasteiger partial charge is 0.244 e. The van der Waals surface area contributed by atoms with E-state index < -0.39 is 0 Å². The maximum atomic E-state index is 12.1. The molecule has 0 saturated heterocycles. The molecule has 0 radical (unpaired) electrons. The Morgan fingerprint density at radius 2 is 1.83 bits per heavy atom. The highest BCUT2D eigenvalue weighted by Crippen LogP contribution is 2.23. The Labute approximate surface area is 175 Å². The van der Waals surface area contributed by atoms with Gasteiger partial charge in [0, 0.05) is 36.5 Å². The minimum Gasteiger partial charge on any atom is -0.343 e. The molecule has 152 valence electrons. The summed E-state index contributed by atoms with van der Waals surface area (Å²) in [6.45, 7) is 0.941. The molecule has 3 aromatic rings. The molecule has 0 unspecified atom stereocenters. The summed E-state index contributed by atoms with van der Waals surface area (Å²) in [6, 6.07) is 17.1. The van der Waals surface area contributed by atoms with Crippen molar-refractivity contribution in [3.8, 4) is 11.3 Å². The molecule has 2 amide bonds. The molecule has 2 aromatic carbocycles. The summed E-state index contributed by atoms with van der Waals surface area (Å²) in [5.41, 5.74) is 3.59. The number of carbonyl (C=O) groups is 2. The molecule has 1 aliphatic heterocycles. The highest BCUT2D eigenvalue weighted by molar-refractivity contribution is 5.98. The molecular weight excluding hydrogens is 376 g/mol. The van der Waals surface area contributed by atoms with Crippen LogP contribution in [0.2, 0.25) is 0 Å². The zero-order chi connectivity index (χ0) is 20.8. The topological polar surface area (TPSA) is 76.0 Å². The first-order valence-corrected chi connectivity index (χ1v) is 10.1. The van der Waals surface area contributed by atoms with Crippen LogP contribution in [-0.4, -0.2) is 27.9 Å². The second kappa shape index (κ2) is 9.22. The largest absolute Gasteiger partial charge is 0.343 e. The van der Waals surface area contributed by atoms with Gasteiger partial charge in [-0.25, -0.2) is 4.98 Å². The van der Waals surface area contributed by atoms with Gasteiger partial charge >= 0.3 is 0 Å². The molecule has 6 nitrogen and oxygen atoms in total. The average Bonchev–Trinajstić information content (AvgIpc) is 3.22. The van der Waals surface area contributed by atoms with E-state index in [1.165, 1.54) is 18.9 Å². The van der Waals surface area contributed by atoms with Crippen LogP contribution in [0.3, 0.4) is 0 Å². The molecule has 0 saturated carbocycles. The number of hydrogen-bond donors (Lipinski definition) is 2. The van der Waals surface area contributed by atoms with E-state index in [0.29, 0.717) is 5.69 Å². The molecule has 0 fully saturated rings. The minimum atomic E-state index is -0.312. The monoisotopic (exact) mass is 400 g/mol. The van der Waals surface area contributed by atoms with E-state index in [4.69, 9.17) is 4.98 Å². The second-order valence-corrected chi connectivity index (χ2v) is 7.28. The Balaban J connectivity index is 1.28. The molecule has 0 bridgehead atoms. The summed E-state index contributed by atoms with van der Waals surface area (Å²) < 4.78 is 2.23. The van der Waals surface area contributed by atoms with Crippen LogP contribution in [0, 0.1) is 0 Å². The predicted octanol–water partition coefficient (Wildman–Crippen LogP) is 3.65. The lowest BCUT2D eigenvalue weighted by Gasteiger charge is -2.11. The lowest BCUT2D eigenvalue weighted by molar-refractivity contribution is -0.121. The van der Waals surface area contributed by atoms with Gasteiger partial charge in [0.2, 0.25) is 11.8 Å². The van der Waals surface area contributed by atoms with Crippen molar-refractivity contribution >= 4 is 23.6 Å². The van der Waals surface area contributed by atoms with Crippen molar-refractivity contribution in [2.24, 2.45) is 0 Å². The summed E-state index contributed by atoms with van der Waals surface area (Å²) in [5, 5.41) is 5.38. The molecule has 30 heavy (non-hydrogen) atoms. The van der Waals surface area contributed by atoms with Crippen LogP contribution in [-0.2, 0) is 22.6 Å². The Kier molecular flexibility index (Phi) is 6.03. The number of rotatable bonds is 6. The first-order chi connectivity index (χ1) is 14.7. The summed E-state index contributed by atoms with van der Waals surface area (Å²) >= 11 is 0. The summed E-state index contributed by atoms with van der Waals surface area (Å²) in [5.74, 6) is 0.556. The van der Waals surface area contributed by atoms with E-state index in [1.807, 2.05) is 54.6 Å². The van der Waals surface area contributed by atoms with Gasteiger partial charge in [-0.05, 0) is 36.6 Å². The third-order valence-electron chi connectivity index (χ3n) is 5.02. The zero-order valence-corrected chi connectivity index (χ0v) is 16.7. The van der Waals surface area contributed by atoms with Gasteiger partial charge in [0.15, 0.2) is 0 Å². The fourth-order valence-electron chi connectivity index (χ4n) is 3.44. The van der Waals surface area contributed by atoms with Gasteiger partial charge in [0.25, 0.3) is 0 Å². The number of fused-ring (bicyclic) bond motifs is 1. The standard InChI is InChI=1S/C24H24N4O2/c29-23(14-9-18-6-2-1-3-7-18)25-16-24(30)26-20-12-10-19(11-13-20)21-17-28-15-5-4-8-22(28)27-21/h1-3,6-7,9-14,17H,4-5,8,15-16H2,(H,25,29)(H,26,30)/b14-9+. The normalized spacial score (nSPS) is 13.1. The second-order valence-electron chi connectivity index (χ2n) is 7.28. The van der Waals surface area contributed by atoms with Crippen molar-refractivity contribution in [1.82, 2.24) is 14.9 Å². The fraction of sp³-hybridized carbons (Fsp3) is 0.208. The number of imidazole rings is 1. The van der Waals surface area contributed by atoms with Gasteiger partial charge in [0.05, 0.1) is 12.2 Å². The number of nitrogens with one attached hydrogen (secondary N) is 2. The van der Waals surface area contributed by atoms with Crippen LogP contribution < -0.4 is 10.6 Å². The van der Waals surface area contributed by atoms with Crippen molar-refractivity contribution in [2.45, 2.75) is 25.8 Å². The van der Waals surface area contributed by atoms with Gasteiger partial charge in [-0.1, -0.05) is 42.5 Å². The van der Waals surface area contributed by atoms with E-state index in [9.17, 15) is 9.59 Å². The molecule has 0 atom stereocenters. The third-order valence-corrected chi connectivity index (χ3v) is 5.02. The van der Waals surface area contributed by atoms with E-state index in [0.717, 1.165) is 35.6 Å². The number of aromatic nitrogens is 2. The number of anilines is 1. The molecule has 1 aromatic heterocycles. The Morgan fingerprint density at radius 1 is 1.03 bits per heavy atom. The molecular formula is C24H24N4O2. The van der Waals surface area contributed by atoms with Crippen LogP contribution in [0.4, 0.5) is 5.69 Å². The first kappa shape index (κ1) is 19.6. The lowest BCUT2D eigenvalue weighted by atomic mass is 10.1. The van der Waals surface area contributed by atoms with E-state index in [-0.39, 0.29) is 18.4 Å². The summed E-state index contributed by atoms with van der Waals surface area (Å²) in [7, 11) is 0. The van der Waals surface area contributed by atoms with E-state index >= 15 is 0 Å². The van der Waals surface area contributed by atoms with Crippen molar-refractivity contribution in [3.05, 3.63) is 78.3 Å². The van der Waals surface area contributed by atoms with Gasteiger partial charge in [-0.3, -0.25) is 9.59 Å². The van der Waals surface area contributed by atoms with Crippen molar-refractivity contribution < 1.29 is 9.59 Å². The number of carbonyl (C=O) groups excluding carboxylic acids is 2. The SMILES string of the molecule is O=C(/C=C/c1ccccc1)NCC(=O)Nc1ccc(-c2cn3c(n2)CCCC3)cc1. The van der Waals surface area contributed by atoms with Crippen LogP contribution in [0.1, 0.15) is 24.2 Å². The van der Waals surface area contributed by atoms with Crippen LogP contribution >= 0.6 is 0 Å².